The minimum atomic E-state index is -7.21. The largest absolute Gasteiger partial charge is 0.558 e. The average Bonchev–Trinajstić information content (AvgIpc) is 2.28. The van der Waals surface area contributed by atoms with Gasteiger partial charge in [-0.2, -0.15) is 13.2 Å². The van der Waals surface area contributed by atoms with E-state index in [-0.39, 0.29) is 0 Å². The normalized spacial score (nSPS) is 12.7. The number of aryl methyl sites for hydroxylation is 1. The molecule has 0 aliphatic carbocycles. The van der Waals surface area contributed by atoms with Crippen molar-refractivity contribution in [2.24, 2.45) is 0 Å². The predicted molar refractivity (Wildman–Crippen MR) is 52.4 cm³/mol. The maximum absolute atomic E-state index is 11.2. The zero-order valence-electron chi connectivity index (χ0n) is 9.64. The third-order valence-corrected chi connectivity index (χ3v) is 1.93. The Morgan fingerprint density at radius 3 is 1.47 bits per heavy atom. The molecule has 10 heteroatoms. The van der Waals surface area contributed by atoms with Crippen LogP contribution in [0.25, 0.3) is 0 Å². The van der Waals surface area contributed by atoms with Gasteiger partial charge in [0, 0.05) is 12.1 Å². The number of alkyl halides is 5. The van der Waals surface area contributed by atoms with E-state index in [0.29, 0.717) is 0 Å². The van der Waals surface area contributed by atoms with Crippen LogP contribution in [0, 0.1) is 0 Å². The Labute approximate surface area is 103 Å². The summed E-state index contributed by atoms with van der Waals surface area (Å²) in [7, 11) is 0. The molecule has 0 amide bonds. The van der Waals surface area contributed by atoms with Gasteiger partial charge in [0.05, 0.1) is 0 Å². The van der Waals surface area contributed by atoms with Gasteiger partial charge in [0.15, 0.2) is 12.4 Å². The summed E-state index contributed by atoms with van der Waals surface area (Å²) in [5.74, 6) is -6.56. The molecule has 1 rings (SSSR count). The van der Waals surface area contributed by atoms with Crippen molar-refractivity contribution in [3.8, 4) is 0 Å². The molecule has 0 unspecified atom stereocenters. The van der Waals surface area contributed by atoms with Gasteiger partial charge in [0.2, 0.25) is 0 Å². The summed E-state index contributed by atoms with van der Waals surface area (Å²) < 4.78 is 89.9. The van der Waals surface area contributed by atoms with Gasteiger partial charge in [-0.25, -0.2) is 13.3 Å². The molecule has 0 radical (unpaired) electrons. The molecule has 1 heterocycles. The fourth-order valence-electron chi connectivity index (χ4n) is 0.831. The molecule has 1 aromatic rings. The van der Waals surface area contributed by atoms with Gasteiger partial charge in [-0.05, 0) is 6.92 Å². The van der Waals surface area contributed by atoms with Gasteiger partial charge in [0.25, 0.3) is 0 Å². The summed E-state index contributed by atoms with van der Waals surface area (Å²) in [6.45, 7) is -4.03. The first kappa shape index (κ1) is 17.7. The lowest BCUT2D eigenvalue weighted by Gasteiger charge is -2.28. The molecule has 0 saturated heterocycles. The smallest absolute Gasteiger partial charge is 0.445 e. The van der Waals surface area contributed by atoms with Gasteiger partial charge in [-0.15, -0.1) is 0 Å². The van der Waals surface area contributed by atoms with E-state index < -0.39 is 19.0 Å². The van der Waals surface area contributed by atoms with Crippen LogP contribution in [0.2, 0.25) is 0 Å². The van der Waals surface area contributed by atoms with E-state index in [1.807, 2.05) is 18.2 Å². The lowest BCUT2D eigenvalue weighted by atomic mass is 9.80. The molecule has 1 aromatic heterocycles. The third-order valence-electron chi connectivity index (χ3n) is 1.93. The third kappa shape index (κ3) is 5.03. The monoisotopic (exact) mass is 295 g/mol. The lowest BCUT2D eigenvalue weighted by molar-refractivity contribution is -0.693. The van der Waals surface area contributed by atoms with Gasteiger partial charge < -0.3 is 12.9 Å². The second kappa shape index (κ2) is 6.20. The summed E-state index contributed by atoms with van der Waals surface area (Å²) in [5, 5.41) is 0. The van der Waals surface area contributed by atoms with E-state index in [1.165, 1.54) is 0 Å². The molecule has 0 aliphatic heterocycles. The van der Waals surface area contributed by atoms with Crippen LogP contribution in [0.4, 0.5) is 34.9 Å². The first-order valence-corrected chi connectivity index (χ1v) is 5.01. The summed E-state index contributed by atoms with van der Waals surface area (Å²) >= 11 is 0. The number of hydrogen-bond donors (Lipinski definition) is 0. The summed E-state index contributed by atoms with van der Waals surface area (Å²) in [6, 6.07) is 6.08. The standard InChI is InChI=1S/C7H10N.C2BF8/c1-2-8-6-4-3-5-7-8;4-1(5,2(6,7)8)3(9,10)11/h3-7H,2H2,1H3;/q+1;-1. The Hall–Kier alpha value is -1.35. The van der Waals surface area contributed by atoms with Gasteiger partial charge >= 0.3 is 19.0 Å². The predicted octanol–water partition coefficient (Wildman–Crippen LogP) is 3.56. The molecule has 110 valence electrons. The molecule has 0 aromatic carbocycles. The topological polar surface area (TPSA) is 3.88 Å². The maximum Gasteiger partial charge on any atom is 0.558 e. The number of pyridine rings is 1. The van der Waals surface area contributed by atoms with Crippen molar-refractivity contribution in [1.29, 1.82) is 0 Å². The van der Waals surface area contributed by atoms with Crippen molar-refractivity contribution in [3.05, 3.63) is 30.6 Å². The molecule has 0 spiro atoms. The average molecular weight is 295 g/mol. The van der Waals surface area contributed by atoms with Crippen LogP contribution in [0.1, 0.15) is 6.92 Å². The quantitative estimate of drug-likeness (QED) is 0.446. The van der Waals surface area contributed by atoms with Gasteiger partial charge in [0.1, 0.15) is 6.54 Å². The first-order chi connectivity index (χ1) is 8.43. The highest BCUT2D eigenvalue weighted by atomic mass is 19.4. The van der Waals surface area contributed by atoms with Crippen molar-refractivity contribution in [2.45, 2.75) is 25.5 Å². The van der Waals surface area contributed by atoms with Crippen LogP contribution in [0.5, 0.6) is 0 Å². The second-order valence-corrected chi connectivity index (χ2v) is 3.40. The number of nitrogens with zero attached hydrogens (tertiary/aromatic N) is 1. The molecule has 0 aliphatic rings. The summed E-state index contributed by atoms with van der Waals surface area (Å²) in [5.41, 5.74) is 0. The van der Waals surface area contributed by atoms with E-state index in [4.69, 9.17) is 0 Å². The molecule has 1 nitrogen and oxygen atoms in total. The molecule has 0 bridgehead atoms. The lowest BCUT2D eigenvalue weighted by Crippen LogP contribution is -2.53. The summed E-state index contributed by atoms with van der Waals surface area (Å²) in [6.07, 6.45) is -2.44. The summed E-state index contributed by atoms with van der Waals surface area (Å²) in [4.78, 5) is 0. The highest BCUT2D eigenvalue weighted by molar-refractivity contribution is 6.61. The van der Waals surface area contributed by atoms with Gasteiger partial charge in [-0.3, -0.25) is 0 Å². The molecule has 0 atom stereocenters. The Bertz CT molecular complexity index is 356. The van der Waals surface area contributed by atoms with E-state index >= 15 is 0 Å². The molecule has 0 saturated carbocycles. The minimum Gasteiger partial charge on any atom is -0.445 e. The van der Waals surface area contributed by atoms with E-state index in [0.717, 1.165) is 6.54 Å². The van der Waals surface area contributed by atoms with Crippen molar-refractivity contribution >= 4 is 6.98 Å². The fourth-order valence-corrected chi connectivity index (χ4v) is 0.831. The Kier molecular flexibility index (Phi) is 5.76. The number of halogens is 8. The molecule has 0 fully saturated rings. The number of aromatic nitrogens is 1. The minimum absolute atomic E-state index is 1.06. The van der Waals surface area contributed by atoms with Crippen LogP contribution >= 0.6 is 0 Å². The zero-order valence-corrected chi connectivity index (χ0v) is 9.64. The van der Waals surface area contributed by atoms with E-state index in [1.54, 1.807) is 0 Å². The Morgan fingerprint density at radius 2 is 1.32 bits per heavy atom. The molecular weight excluding hydrogens is 285 g/mol. The number of rotatable bonds is 2. The Morgan fingerprint density at radius 1 is 0.895 bits per heavy atom. The molecule has 0 N–H and O–H groups in total. The Balaban J connectivity index is 0.000000356. The highest BCUT2D eigenvalue weighted by Crippen LogP contribution is 2.43. The van der Waals surface area contributed by atoms with E-state index in [2.05, 4.69) is 23.9 Å². The number of hydrogen-bond acceptors (Lipinski definition) is 0. The van der Waals surface area contributed by atoms with Crippen LogP contribution in [0.3, 0.4) is 0 Å². The fraction of sp³-hybridized carbons (Fsp3) is 0.444. The van der Waals surface area contributed by atoms with Crippen LogP contribution in [-0.4, -0.2) is 19.0 Å². The van der Waals surface area contributed by atoms with Gasteiger partial charge in [-0.1, -0.05) is 6.07 Å². The van der Waals surface area contributed by atoms with Crippen LogP contribution < -0.4 is 4.57 Å². The SMILES string of the molecule is CC[n+]1ccccc1.F[B-](F)(F)C(F)(F)C(F)(F)F. The van der Waals surface area contributed by atoms with E-state index in [9.17, 15) is 34.9 Å². The highest BCUT2D eigenvalue weighted by Gasteiger charge is 2.69. The van der Waals surface area contributed by atoms with Crippen LogP contribution in [-0.2, 0) is 6.54 Å². The van der Waals surface area contributed by atoms with Crippen LogP contribution in [0.15, 0.2) is 30.6 Å². The second-order valence-electron chi connectivity index (χ2n) is 3.40. The van der Waals surface area contributed by atoms with Crippen molar-refractivity contribution in [3.63, 3.8) is 0 Å². The first-order valence-electron chi connectivity index (χ1n) is 5.01. The van der Waals surface area contributed by atoms with Crippen molar-refractivity contribution in [1.82, 2.24) is 0 Å². The zero-order chi connectivity index (χ0) is 15.3. The maximum atomic E-state index is 11.2. The van der Waals surface area contributed by atoms with Crippen molar-refractivity contribution in [2.75, 3.05) is 0 Å². The molecule has 19 heavy (non-hydrogen) atoms. The molecular formula is C9H10BF8N. The van der Waals surface area contributed by atoms with Crippen molar-refractivity contribution < 1.29 is 39.5 Å².